The molecule has 1 heterocycles. The van der Waals surface area contributed by atoms with Gasteiger partial charge in [0.15, 0.2) is 6.29 Å². The molecule has 5 nitrogen and oxygen atoms in total. The van der Waals surface area contributed by atoms with Crippen molar-refractivity contribution in [3.05, 3.63) is 0 Å². The molecule has 17 heavy (non-hydrogen) atoms. The predicted molar refractivity (Wildman–Crippen MR) is 62.4 cm³/mol. The number of hydrogen-bond acceptors (Lipinski definition) is 5. The monoisotopic (exact) mass is 248 g/mol. The number of aliphatic hydroxyl groups excluding tert-OH is 3. The van der Waals surface area contributed by atoms with Gasteiger partial charge in [0.05, 0.1) is 12.2 Å². The van der Waals surface area contributed by atoms with Crippen molar-refractivity contribution in [1.82, 2.24) is 0 Å². The van der Waals surface area contributed by atoms with E-state index in [1.54, 1.807) is 6.92 Å². The molecule has 1 unspecified atom stereocenters. The zero-order chi connectivity index (χ0) is 13.0. The van der Waals surface area contributed by atoms with Crippen LogP contribution in [0, 0.1) is 0 Å². The molecule has 3 N–H and O–H groups in total. The highest BCUT2D eigenvalue weighted by Crippen LogP contribution is 2.23. The number of aliphatic hydroxyl groups is 3. The Morgan fingerprint density at radius 2 is 1.82 bits per heavy atom. The van der Waals surface area contributed by atoms with Crippen molar-refractivity contribution in [3.8, 4) is 0 Å². The maximum atomic E-state index is 9.74. The van der Waals surface area contributed by atoms with Crippen LogP contribution in [0.15, 0.2) is 0 Å². The van der Waals surface area contributed by atoms with Crippen molar-refractivity contribution < 1.29 is 24.8 Å². The van der Waals surface area contributed by atoms with Gasteiger partial charge >= 0.3 is 0 Å². The predicted octanol–water partition coefficient (Wildman–Crippen LogP) is 0.409. The second-order valence-corrected chi connectivity index (χ2v) is 4.77. The first kappa shape index (κ1) is 14.9. The molecule has 1 rings (SSSR count). The summed E-state index contributed by atoms with van der Waals surface area (Å²) in [7, 11) is 0. The summed E-state index contributed by atoms with van der Waals surface area (Å²) in [6.45, 7) is 5.65. The molecule has 0 amide bonds. The molecule has 6 atom stereocenters. The Morgan fingerprint density at radius 3 is 2.41 bits per heavy atom. The second kappa shape index (κ2) is 6.66. The zero-order valence-electron chi connectivity index (χ0n) is 10.7. The summed E-state index contributed by atoms with van der Waals surface area (Å²) in [5, 5.41) is 28.9. The molecule has 0 spiro atoms. The van der Waals surface area contributed by atoms with Gasteiger partial charge in [0.1, 0.15) is 18.3 Å². The van der Waals surface area contributed by atoms with Crippen LogP contribution < -0.4 is 0 Å². The average molecular weight is 248 g/mol. The van der Waals surface area contributed by atoms with E-state index in [4.69, 9.17) is 9.47 Å². The molecule has 0 aromatic heterocycles. The van der Waals surface area contributed by atoms with Crippen molar-refractivity contribution in [1.29, 1.82) is 0 Å². The van der Waals surface area contributed by atoms with Crippen LogP contribution in [-0.4, -0.2) is 52.1 Å². The van der Waals surface area contributed by atoms with Gasteiger partial charge in [-0.3, -0.25) is 0 Å². The van der Waals surface area contributed by atoms with Gasteiger partial charge in [-0.1, -0.05) is 19.8 Å². The summed E-state index contributed by atoms with van der Waals surface area (Å²) >= 11 is 0. The lowest BCUT2D eigenvalue weighted by Gasteiger charge is -2.39. The first-order chi connectivity index (χ1) is 7.97. The molecule has 0 radical (unpaired) electrons. The fourth-order valence-electron chi connectivity index (χ4n) is 1.91. The van der Waals surface area contributed by atoms with Gasteiger partial charge in [-0.2, -0.15) is 0 Å². The van der Waals surface area contributed by atoms with Gasteiger partial charge in [-0.25, -0.2) is 0 Å². The molecule has 1 aliphatic heterocycles. The number of rotatable bonds is 5. The molecule has 0 aliphatic carbocycles. The molecule has 0 aromatic rings. The molecular formula is C12H24O5. The summed E-state index contributed by atoms with van der Waals surface area (Å²) in [6, 6.07) is 0. The zero-order valence-corrected chi connectivity index (χ0v) is 10.7. The average Bonchev–Trinajstić information content (AvgIpc) is 2.30. The largest absolute Gasteiger partial charge is 0.388 e. The third-order valence-electron chi connectivity index (χ3n) is 3.14. The number of ether oxygens (including phenoxy) is 2. The highest BCUT2D eigenvalue weighted by molar-refractivity contribution is 4.87. The molecule has 0 bridgehead atoms. The maximum Gasteiger partial charge on any atom is 0.186 e. The fourth-order valence-corrected chi connectivity index (χ4v) is 1.91. The van der Waals surface area contributed by atoms with Crippen LogP contribution in [0.3, 0.4) is 0 Å². The van der Waals surface area contributed by atoms with Crippen LogP contribution in [-0.2, 0) is 9.47 Å². The highest BCUT2D eigenvalue weighted by Gasteiger charge is 2.42. The van der Waals surface area contributed by atoms with Gasteiger partial charge in [0.25, 0.3) is 0 Å². The molecule has 5 heteroatoms. The lowest BCUT2D eigenvalue weighted by molar-refractivity contribution is -0.302. The summed E-state index contributed by atoms with van der Waals surface area (Å²) in [5.41, 5.74) is 0. The third kappa shape index (κ3) is 3.89. The normalized spacial score (nSPS) is 40.2. The quantitative estimate of drug-likeness (QED) is 0.656. The summed E-state index contributed by atoms with van der Waals surface area (Å²) in [5.74, 6) is 0. The Morgan fingerprint density at radius 1 is 1.18 bits per heavy atom. The first-order valence-corrected chi connectivity index (χ1v) is 6.32. The molecular weight excluding hydrogens is 224 g/mol. The van der Waals surface area contributed by atoms with Crippen LogP contribution >= 0.6 is 0 Å². The number of hydrogen-bond donors (Lipinski definition) is 3. The van der Waals surface area contributed by atoms with E-state index in [0.29, 0.717) is 0 Å². The Balaban J connectivity index is 2.47. The van der Waals surface area contributed by atoms with Crippen molar-refractivity contribution in [2.75, 3.05) is 0 Å². The van der Waals surface area contributed by atoms with Gasteiger partial charge in [0.2, 0.25) is 0 Å². The van der Waals surface area contributed by atoms with E-state index >= 15 is 0 Å². The maximum absolute atomic E-state index is 9.74. The minimum absolute atomic E-state index is 0.0377. The molecule has 0 aromatic carbocycles. The van der Waals surface area contributed by atoms with E-state index in [1.807, 2.05) is 6.92 Å². The van der Waals surface area contributed by atoms with Gasteiger partial charge in [-0.05, 0) is 20.3 Å². The second-order valence-electron chi connectivity index (χ2n) is 4.77. The smallest absolute Gasteiger partial charge is 0.186 e. The lowest BCUT2D eigenvalue weighted by Crippen LogP contribution is -2.57. The van der Waals surface area contributed by atoms with Gasteiger partial charge in [-0.15, -0.1) is 0 Å². The topological polar surface area (TPSA) is 79.2 Å². The van der Waals surface area contributed by atoms with Crippen LogP contribution in [0.1, 0.15) is 40.0 Å². The van der Waals surface area contributed by atoms with E-state index in [1.165, 1.54) is 0 Å². The van der Waals surface area contributed by atoms with Gasteiger partial charge in [0, 0.05) is 0 Å². The van der Waals surface area contributed by atoms with Crippen LogP contribution in [0.2, 0.25) is 0 Å². The Hall–Kier alpha value is -0.200. The molecule has 1 aliphatic rings. The third-order valence-corrected chi connectivity index (χ3v) is 3.14. The minimum atomic E-state index is -1.22. The van der Waals surface area contributed by atoms with E-state index in [-0.39, 0.29) is 6.10 Å². The van der Waals surface area contributed by atoms with Crippen molar-refractivity contribution >= 4 is 0 Å². The highest BCUT2D eigenvalue weighted by atomic mass is 16.7. The minimum Gasteiger partial charge on any atom is -0.388 e. The Bertz CT molecular complexity index is 223. The van der Waals surface area contributed by atoms with E-state index in [9.17, 15) is 15.3 Å². The van der Waals surface area contributed by atoms with E-state index < -0.39 is 30.7 Å². The van der Waals surface area contributed by atoms with Crippen LogP contribution in [0.5, 0.6) is 0 Å². The fraction of sp³-hybridized carbons (Fsp3) is 1.00. The van der Waals surface area contributed by atoms with Crippen molar-refractivity contribution in [2.24, 2.45) is 0 Å². The molecule has 1 fully saturated rings. The van der Waals surface area contributed by atoms with Crippen molar-refractivity contribution in [3.63, 3.8) is 0 Å². The summed E-state index contributed by atoms with van der Waals surface area (Å²) in [4.78, 5) is 0. The lowest BCUT2D eigenvalue weighted by atomic mass is 10.00. The summed E-state index contributed by atoms with van der Waals surface area (Å²) < 4.78 is 10.9. The van der Waals surface area contributed by atoms with Crippen molar-refractivity contribution in [2.45, 2.75) is 76.8 Å². The van der Waals surface area contributed by atoms with Crippen LogP contribution in [0.4, 0.5) is 0 Å². The van der Waals surface area contributed by atoms with E-state index in [0.717, 1.165) is 19.3 Å². The van der Waals surface area contributed by atoms with Gasteiger partial charge < -0.3 is 24.8 Å². The molecule has 102 valence electrons. The SMILES string of the molecule is CCCCC(C)O[C@@H]1O[C@@H](C)[C@H](O)[C@@H](O)[C@H]1O. The Kier molecular flexibility index (Phi) is 5.82. The van der Waals surface area contributed by atoms with E-state index in [2.05, 4.69) is 6.92 Å². The molecule has 1 saturated heterocycles. The summed E-state index contributed by atoms with van der Waals surface area (Å²) in [6.07, 6.45) is -1.93. The van der Waals surface area contributed by atoms with Crippen LogP contribution in [0.25, 0.3) is 0 Å². The standard InChI is InChI=1S/C12H24O5/c1-4-5-6-7(2)16-12-11(15)10(14)9(13)8(3)17-12/h7-15H,4-6H2,1-3H3/t7?,8-,9-,10+,11+,12+/m0/s1. The number of unbranched alkanes of at least 4 members (excludes halogenated alkanes) is 1. The first-order valence-electron chi connectivity index (χ1n) is 6.32. The Labute approximate surface area is 102 Å². The molecule has 0 saturated carbocycles.